The van der Waals surface area contributed by atoms with Gasteiger partial charge in [-0.2, -0.15) is 8.61 Å². The maximum absolute atomic E-state index is 13.2. The maximum atomic E-state index is 13.2. The zero-order valence-corrected chi connectivity index (χ0v) is 28.3. The number of sulfonamides is 2. The van der Waals surface area contributed by atoms with E-state index < -0.39 is 38.5 Å². The SMILES string of the molecule is CCCCn1c(CCC(=O)OCC(=O)Nc2cc(S(=O)(=O)N3CCOCC3)ccc2C)nc2cc(S(=O)(=O)N3CCOCC3)ccc21. The molecule has 2 saturated heterocycles. The average molecular weight is 692 g/mol. The van der Waals surface area contributed by atoms with Gasteiger partial charge in [-0.15, -0.1) is 0 Å². The summed E-state index contributed by atoms with van der Waals surface area (Å²) in [5, 5.41) is 2.65. The Hall–Kier alpha value is -3.41. The van der Waals surface area contributed by atoms with Crippen molar-refractivity contribution in [3.05, 3.63) is 47.8 Å². The number of hydrogen-bond donors (Lipinski definition) is 1. The van der Waals surface area contributed by atoms with Gasteiger partial charge in [-0.3, -0.25) is 9.59 Å². The minimum absolute atomic E-state index is 0.0477. The van der Waals surface area contributed by atoms with E-state index in [1.165, 1.54) is 20.7 Å². The molecule has 1 N–H and O–H groups in total. The fourth-order valence-electron chi connectivity index (χ4n) is 5.46. The summed E-state index contributed by atoms with van der Waals surface area (Å²) in [6.45, 7) is 6.31. The van der Waals surface area contributed by atoms with Crippen LogP contribution in [-0.2, 0) is 56.8 Å². The molecule has 0 radical (unpaired) electrons. The molecule has 0 atom stereocenters. The van der Waals surface area contributed by atoms with Crippen molar-refractivity contribution in [2.75, 3.05) is 64.5 Å². The molecule has 5 rings (SSSR count). The van der Waals surface area contributed by atoms with Crippen molar-refractivity contribution in [3.63, 3.8) is 0 Å². The molecule has 2 fully saturated rings. The standard InChI is InChI=1S/C31H41N5O9S2/c1-3-4-11-36-28-8-7-25(47(41,42)35-14-18-44-19-15-35)21-27(28)32-29(36)9-10-31(38)45-22-30(37)33-26-20-24(6-5-23(26)2)46(39,40)34-12-16-43-17-13-34/h5-8,20-21H,3-4,9-19,22H2,1-2H3,(H,33,37). The Balaban J connectivity index is 1.21. The summed E-state index contributed by atoms with van der Waals surface area (Å²) in [5.41, 5.74) is 2.25. The predicted octanol–water partition coefficient (Wildman–Crippen LogP) is 2.30. The van der Waals surface area contributed by atoms with Gasteiger partial charge in [-0.25, -0.2) is 21.8 Å². The van der Waals surface area contributed by atoms with E-state index in [1.54, 1.807) is 31.2 Å². The molecule has 2 aliphatic rings. The van der Waals surface area contributed by atoms with Crippen LogP contribution in [0.2, 0.25) is 0 Å². The van der Waals surface area contributed by atoms with Gasteiger partial charge in [-0.1, -0.05) is 19.4 Å². The van der Waals surface area contributed by atoms with Crippen LogP contribution in [0.15, 0.2) is 46.2 Å². The average Bonchev–Trinajstić information content (AvgIpc) is 3.43. The number of benzene rings is 2. The molecule has 3 aromatic rings. The maximum Gasteiger partial charge on any atom is 0.306 e. The van der Waals surface area contributed by atoms with Gasteiger partial charge >= 0.3 is 5.97 Å². The molecular weight excluding hydrogens is 651 g/mol. The second-order valence-corrected chi connectivity index (χ2v) is 15.3. The molecule has 2 aromatic carbocycles. The van der Waals surface area contributed by atoms with Crippen LogP contribution in [0.5, 0.6) is 0 Å². The van der Waals surface area contributed by atoms with Crippen LogP contribution < -0.4 is 5.32 Å². The number of morpholine rings is 2. The van der Waals surface area contributed by atoms with Crippen LogP contribution in [0.3, 0.4) is 0 Å². The highest BCUT2D eigenvalue weighted by Gasteiger charge is 2.28. The van der Waals surface area contributed by atoms with Crippen LogP contribution in [0.4, 0.5) is 5.69 Å². The lowest BCUT2D eigenvalue weighted by Crippen LogP contribution is -2.40. The lowest BCUT2D eigenvalue weighted by molar-refractivity contribution is -0.147. The quantitative estimate of drug-likeness (QED) is 0.263. The number of anilines is 1. The number of aryl methyl sites for hydroxylation is 3. The lowest BCUT2D eigenvalue weighted by Gasteiger charge is -2.26. The normalized spacial score (nSPS) is 16.7. The van der Waals surface area contributed by atoms with Crippen molar-refractivity contribution in [2.45, 2.75) is 55.9 Å². The Morgan fingerprint density at radius 1 is 0.894 bits per heavy atom. The zero-order chi connectivity index (χ0) is 33.6. The summed E-state index contributed by atoms with van der Waals surface area (Å²) < 4.78 is 73.0. The summed E-state index contributed by atoms with van der Waals surface area (Å²) in [6, 6.07) is 9.41. The molecular formula is C31H41N5O9S2. The van der Waals surface area contributed by atoms with Gasteiger partial charge in [0.1, 0.15) is 5.82 Å². The fourth-order valence-corrected chi connectivity index (χ4v) is 8.33. The van der Waals surface area contributed by atoms with E-state index in [4.69, 9.17) is 14.2 Å². The van der Waals surface area contributed by atoms with Gasteiger partial charge in [0.2, 0.25) is 20.0 Å². The van der Waals surface area contributed by atoms with E-state index in [0.717, 1.165) is 18.4 Å². The highest BCUT2D eigenvalue weighted by Crippen LogP contribution is 2.26. The number of rotatable bonds is 13. The van der Waals surface area contributed by atoms with Crippen molar-refractivity contribution in [2.24, 2.45) is 0 Å². The summed E-state index contributed by atoms with van der Waals surface area (Å²) in [7, 11) is -7.46. The zero-order valence-electron chi connectivity index (χ0n) is 26.6. The van der Waals surface area contributed by atoms with Gasteiger partial charge < -0.3 is 24.1 Å². The molecule has 0 saturated carbocycles. The molecule has 0 unspecified atom stereocenters. The number of nitrogens with zero attached hydrogens (tertiary/aromatic N) is 4. The third-order valence-corrected chi connectivity index (χ3v) is 11.9. The predicted molar refractivity (Wildman–Crippen MR) is 173 cm³/mol. The monoisotopic (exact) mass is 691 g/mol. The number of unbranched alkanes of at least 4 members (excludes halogenated alkanes) is 1. The van der Waals surface area contributed by atoms with E-state index in [2.05, 4.69) is 17.2 Å². The summed E-state index contributed by atoms with van der Waals surface area (Å²) in [6.07, 6.45) is 1.98. The lowest BCUT2D eigenvalue weighted by atomic mass is 10.2. The van der Waals surface area contributed by atoms with Gasteiger partial charge in [0, 0.05) is 44.8 Å². The van der Waals surface area contributed by atoms with Crippen molar-refractivity contribution < 1.29 is 40.6 Å². The first-order chi connectivity index (χ1) is 22.5. The van der Waals surface area contributed by atoms with Gasteiger partial charge in [0.15, 0.2) is 6.61 Å². The number of aromatic nitrogens is 2. The fraction of sp³-hybridized carbons (Fsp3) is 0.516. The molecule has 0 spiro atoms. The number of nitrogens with one attached hydrogen (secondary N) is 1. The van der Waals surface area contributed by atoms with Crippen LogP contribution >= 0.6 is 0 Å². The minimum Gasteiger partial charge on any atom is -0.456 e. The number of hydrogen-bond acceptors (Lipinski definition) is 10. The largest absolute Gasteiger partial charge is 0.456 e. The number of esters is 1. The van der Waals surface area contributed by atoms with Crippen molar-refractivity contribution in [1.29, 1.82) is 0 Å². The van der Waals surface area contributed by atoms with E-state index >= 15 is 0 Å². The van der Waals surface area contributed by atoms with E-state index in [-0.39, 0.29) is 35.7 Å². The van der Waals surface area contributed by atoms with Crippen LogP contribution in [0, 0.1) is 6.92 Å². The van der Waals surface area contributed by atoms with Crippen molar-refractivity contribution >= 4 is 48.6 Å². The Bertz CT molecular complexity index is 1810. The smallest absolute Gasteiger partial charge is 0.306 e. The Kier molecular flexibility index (Phi) is 11.3. The molecule has 1 amide bonds. The molecule has 256 valence electrons. The van der Waals surface area contributed by atoms with E-state index in [0.29, 0.717) is 68.7 Å². The first kappa shape index (κ1) is 34.9. The summed E-state index contributed by atoms with van der Waals surface area (Å²) in [5.74, 6) is -0.596. The van der Waals surface area contributed by atoms with Crippen LogP contribution in [0.1, 0.15) is 37.6 Å². The Morgan fingerprint density at radius 2 is 1.49 bits per heavy atom. The summed E-state index contributed by atoms with van der Waals surface area (Å²) in [4.78, 5) is 30.2. The molecule has 2 aliphatic heterocycles. The number of ether oxygens (including phenoxy) is 3. The Labute approximate surface area is 275 Å². The third-order valence-electron chi connectivity index (χ3n) is 8.15. The third kappa shape index (κ3) is 8.18. The summed E-state index contributed by atoms with van der Waals surface area (Å²) >= 11 is 0. The highest BCUT2D eigenvalue weighted by atomic mass is 32.2. The number of amides is 1. The number of imidazole rings is 1. The van der Waals surface area contributed by atoms with Gasteiger partial charge in [-0.05, 0) is 49.2 Å². The first-order valence-electron chi connectivity index (χ1n) is 15.7. The molecule has 3 heterocycles. The molecule has 0 aliphatic carbocycles. The van der Waals surface area contributed by atoms with E-state index in [9.17, 15) is 26.4 Å². The number of carbonyl (C=O) groups excluding carboxylic acids is 2. The molecule has 14 nitrogen and oxygen atoms in total. The minimum atomic E-state index is -3.76. The molecule has 47 heavy (non-hydrogen) atoms. The highest BCUT2D eigenvalue weighted by molar-refractivity contribution is 7.89. The Morgan fingerprint density at radius 3 is 2.11 bits per heavy atom. The van der Waals surface area contributed by atoms with Crippen LogP contribution in [-0.4, -0.2) is 106 Å². The number of carbonyl (C=O) groups is 2. The van der Waals surface area contributed by atoms with Crippen molar-refractivity contribution in [1.82, 2.24) is 18.2 Å². The van der Waals surface area contributed by atoms with Gasteiger partial charge in [0.25, 0.3) is 5.91 Å². The number of fused-ring (bicyclic) bond motifs is 1. The second kappa shape index (κ2) is 15.2. The van der Waals surface area contributed by atoms with E-state index in [1.807, 2.05) is 4.57 Å². The topological polar surface area (TPSA) is 166 Å². The van der Waals surface area contributed by atoms with Crippen molar-refractivity contribution in [3.8, 4) is 0 Å². The molecule has 1 aromatic heterocycles. The first-order valence-corrected chi connectivity index (χ1v) is 18.6. The second-order valence-electron chi connectivity index (χ2n) is 11.4. The van der Waals surface area contributed by atoms with Crippen LogP contribution in [0.25, 0.3) is 11.0 Å². The van der Waals surface area contributed by atoms with Gasteiger partial charge in [0.05, 0.1) is 53.7 Å². The molecule has 0 bridgehead atoms. The molecule has 16 heteroatoms.